The second-order valence-electron chi connectivity index (χ2n) is 7.00. The van der Waals surface area contributed by atoms with Gasteiger partial charge in [0, 0.05) is 23.0 Å². The fourth-order valence-corrected chi connectivity index (χ4v) is 5.05. The van der Waals surface area contributed by atoms with Crippen molar-refractivity contribution < 1.29 is 14.6 Å². The first-order chi connectivity index (χ1) is 14.5. The first-order valence-electron chi connectivity index (χ1n) is 9.55. The summed E-state index contributed by atoms with van der Waals surface area (Å²) < 4.78 is 5.48. The van der Waals surface area contributed by atoms with E-state index < -0.39 is 0 Å². The maximum absolute atomic E-state index is 13.0. The molecule has 2 aliphatic heterocycles. The molecule has 1 fully saturated rings. The number of amides is 1. The molecule has 2 aromatic carbocycles. The highest BCUT2D eigenvalue weighted by molar-refractivity contribution is 8.03. The maximum Gasteiger partial charge on any atom is 0.229 e. The van der Waals surface area contributed by atoms with E-state index in [0.29, 0.717) is 40.5 Å². The summed E-state index contributed by atoms with van der Waals surface area (Å²) in [6.45, 7) is 2.62. The number of hydrogen-bond donors (Lipinski definition) is 1. The Morgan fingerprint density at radius 3 is 2.90 bits per heavy atom. The van der Waals surface area contributed by atoms with Crippen LogP contribution in [0.3, 0.4) is 0 Å². The number of aromatic hydroxyl groups is 1. The van der Waals surface area contributed by atoms with Crippen LogP contribution in [0.4, 0.5) is 5.69 Å². The lowest BCUT2D eigenvalue weighted by atomic mass is 9.86. The minimum atomic E-state index is -0.362. The van der Waals surface area contributed by atoms with Crippen LogP contribution < -0.4 is 9.64 Å². The van der Waals surface area contributed by atoms with Crippen LogP contribution in [0, 0.1) is 11.3 Å². The van der Waals surface area contributed by atoms with E-state index in [-0.39, 0.29) is 24.0 Å². The molecule has 2 aromatic rings. The third-order valence-corrected chi connectivity index (χ3v) is 6.54. The molecule has 1 amide bonds. The average Bonchev–Trinajstić information content (AvgIpc) is 2.75. The van der Waals surface area contributed by atoms with Gasteiger partial charge in [-0.15, -0.1) is 0 Å². The summed E-state index contributed by atoms with van der Waals surface area (Å²) in [6, 6.07) is 14.8. The molecule has 6 nitrogen and oxygen atoms in total. The predicted octanol–water partition coefficient (Wildman–Crippen LogP) is 4.66. The van der Waals surface area contributed by atoms with Crippen molar-refractivity contribution >= 4 is 35.0 Å². The molecule has 0 radical (unpaired) electrons. The quantitative estimate of drug-likeness (QED) is 0.743. The normalized spacial score (nSPS) is 18.8. The van der Waals surface area contributed by atoms with E-state index in [4.69, 9.17) is 16.3 Å². The van der Waals surface area contributed by atoms with Crippen LogP contribution in [0.25, 0.3) is 0 Å². The molecule has 1 unspecified atom stereocenters. The lowest BCUT2D eigenvalue weighted by Crippen LogP contribution is -2.47. The Hall–Kier alpha value is -2.82. The first kappa shape index (κ1) is 20.5. The number of ether oxygens (including phenoxy) is 1. The second-order valence-corrected chi connectivity index (χ2v) is 8.37. The maximum atomic E-state index is 13.0. The van der Waals surface area contributed by atoms with Crippen LogP contribution >= 0.6 is 23.4 Å². The number of nitrogens with zero attached hydrogens (tertiary/aromatic N) is 3. The number of phenols is 1. The predicted molar refractivity (Wildman–Crippen MR) is 117 cm³/mol. The molecule has 1 atom stereocenters. The van der Waals surface area contributed by atoms with Gasteiger partial charge in [0.05, 0.1) is 35.8 Å². The van der Waals surface area contributed by atoms with Crippen molar-refractivity contribution in [2.45, 2.75) is 19.3 Å². The number of allylic oxidation sites excluding steroid dienone is 1. The molecule has 0 spiro atoms. The molecule has 8 heteroatoms. The number of rotatable bonds is 4. The summed E-state index contributed by atoms with van der Waals surface area (Å²) in [5.41, 5.74) is 2.28. The van der Waals surface area contributed by atoms with E-state index in [1.54, 1.807) is 23.1 Å². The topological polar surface area (TPSA) is 76.8 Å². The Labute approximate surface area is 184 Å². The van der Waals surface area contributed by atoms with Crippen molar-refractivity contribution in [2.75, 3.05) is 24.1 Å². The van der Waals surface area contributed by atoms with Crippen molar-refractivity contribution in [2.24, 2.45) is 0 Å². The van der Waals surface area contributed by atoms with E-state index >= 15 is 0 Å². The van der Waals surface area contributed by atoms with Crippen molar-refractivity contribution in [3.8, 4) is 17.6 Å². The lowest BCUT2D eigenvalue weighted by Gasteiger charge is -2.42. The Balaban J connectivity index is 1.66. The summed E-state index contributed by atoms with van der Waals surface area (Å²) in [5.74, 6) is 0.602. The number of carbonyl (C=O) groups excluding carboxylic acids is 1. The fourth-order valence-electron chi connectivity index (χ4n) is 3.70. The fraction of sp³-hybridized carbons (Fsp3) is 0.273. The lowest BCUT2D eigenvalue weighted by molar-refractivity contribution is -0.129. The number of phenolic OH excluding ortho intramolecular Hbond substituents is 1. The molecule has 0 bridgehead atoms. The monoisotopic (exact) mass is 441 g/mol. The largest absolute Gasteiger partial charge is 0.504 e. The van der Waals surface area contributed by atoms with Crippen LogP contribution in [-0.2, 0) is 4.79 Å². The average molecular weight is 442 g/mol. The zero-order valence-electron chi connectivity index (χ0n) is 16.3. The molecule has 1 N–H and O–H groups in total. The second kappa shape index (κ2) is 8.50. The van der Waals surface area contributed by atoms with Crippen LogP contribution in [0.15, 0.2) is 53.1 Å². The Kier molecular flexibility index (Phi) is 5.80. The highest BCUT2D eigenvalue weighted by atomic mass is 35.5. The Morgan fingerprint density at radius 1 is 1.33 bits per heavy atom. The minimum Gasteiger partial charge on any atom is -0.504 e. The third kappa shape index (κ3) is 3.81. The third-order valence-electron chi connectivity index (χ3n) is 5.15. The van der Waals surface area contributed by atoms with Crippen LogP contribution in [0.1, 0.15) is 24.8 Å². The number of benzene rings is 2. The number of anilines is 1. The highest BCUT2D eigenvalue weighted by Crippen LogP contribution is 2.44. The van der Waals surface area contributed by atoms with E-state index in [2.05, 4.69) is 11.0 Å². The van der Waals surface area contributed by atoms with Crippen LogP contribution in [0.5, 0.6) is 11.5 Å². The number of fused-ring (bicyclic) bond motifs is 1. The van der Waals surface area contributed by atoms with Gasteiger partial charge in [-0.05, 0) is 42.8 Å². The molecule has 1 saturated heterocycles. The molecule has 0 aromatic heterocycles. The molecule has 2 heterocycles. The SMILES string of the molecule is CCOc1cc(C2CC(=O)N3CN(c4cccc(Cl)c4)CSC3=C2C#N)ccc1O. The smallest absolute Gasteiger partial charge is 0.229 e. The molecule has 0 saturated carbocycles. The molecule has 4 rings (SSSR count). The van der Waals surface area contributed by atoms with Gasteiger partial charge in [-0.2, -0.15) is 5.26 Å². The van der Waals surface area contributed by atoms with Gasteiger partial charge in [0.15, 0.2) is 11.5 Å². The van der Waals surface area contributed by atoms with Gasteiger partial charge in [0.25, 0.3) is 0 Å². The van der Waals surface area contributed by atoms with Gasteiger partial charge in [-0.3, -0.25) is 9.69 Å². The van der Waals surface area contributed by atoms with Crippen molar-refractivity contribution in [3.63, 3.8) is 0 Å². The van der Waals surface area contributed by atoms with E-state index in [1.807, 2.05) is 31.2 Å². The van der Waals surface area contributed by atoms with Crippen molar-refractivity contribution in [1.29, 1.82) is 5.26 Å². The van der Waals surface area contributed by atoms with Gasteiger partial charge >= 0.3 is 0 Å². The van der Waals surface area contributed by atoms with Crippen LogP contribution in [-0.4, -0.2) is 35.1 Å². The summed E-state index contributed by atoms with van der Waals surface area (Å²) >= 11 is 7.59. The molecule has 0 aliphatic carbocycles. The zero-order valence-corrected chi connectivity index (χ0v) is 17.9. The number of thioether (sulfide) groups is 1. The van der Waals surface area contributed by atoms with Gasteiger partial charge in [0.1, 0.15) is 0 Å². The van der Waals surface area contributed by atoms with E-state index in [0.717, 1.165) is 11.3 Å². The Bertz CT molecular complexity index is 1070. The molecule has 2 aliphatic rings. The molecular weight excluding hydrogens is 422 g/mol. The molecule has 30 heavy (non-hydrogen) atoms. The number of nitriles is 1. The molecule has 154 valence electrons. The highest BCUT2D eigenvalue weighted by Gasteiger charge is 2.38. The van der Waals surface area contributed by atoms with Gasteiger partial charge in [-0.25, -0.2) is 0 Å². The van der Waals surface area contributed by atoms with E-state index in [1.165, 1.54) is 11.8 Å². The van der Waals surface area contributed by atoms with Gasteiger partial charge in [-0.1, -0.05) is 35.5 Å². The van der Waals surface area contributed by atoms with Crippen molar-refractivity contribution in [3.05, 3.63) is 63.7 Å². The molecular formula is C22H20ClN3O3S. The minimum absolute atomic E-state index is 0.0414. The first-order valence-corrected chi connectivity index (χ1v) is 10.9. The number of hydrogen-bond acceptors (Lipinski definition) is 6. The van der Waals surface area contributed by atoms with Gasteiger partial charge < -0.3 is 14.7 Å². The Morgan fingerprint density at radius 2 is 2.17 bits per heavy atom. The summed E-state index contributed by atoms with van der Waals surface area (Å²) in [4.78, 5) is 16.8. The van der Waals surface area contributed by atoms with Gasteiger partial charge in [0.2, 0.25) is 5.91 Å². The standard InChI is InChI=1S/C22H20ClN3O3S/c1-2-29-20-8-14(6-7-19(20)27)17-10-21(28)26-12-25(13-30-22(26)18(17)11-24)16-5-3-4-15(23)9-16/h3-9,17,27H,2,10,12-13H2,1H3. The van der Waals surface area contributed by atoms with Crippen LogP contribution in [0.2, 0.25) is 5.02 Å². The van der Waals surface area contributed by atoms with Crippen molar-refractivity contribution in [1.82, 2.24) is 4.90 Å². The summed E-state index contributed by atoms with van der Waals surface area (Å²) in [7, 11) is 0. The zero-order chi connectivity index (χ0) is 21.3. The summed E-state index contributed by atoms with van der Waals surface area (Å²) in [5, 5.41) is 21.2. The summed E-state index contributed by atoms with van der Waals surface area (Å²) in [6.07, 6.45) is 0.187. The van der Waals surface area contributed by atoms with E-state index in [9.17, 15) is 15.2 Å². The number of halogens is 1. The number of carbonyl (C=O) groups is 1.